The number of ether oxygens (including phenoxy) is 1. The highest BCUT2D eigenvalue weighted by atomic mass is 16.5. The number of imide groups is 1. The molecule has 1 saturated heterocycles. The molecule has 208 valence electrons. The van der Waals surface area contributed by atoms with E-state index in [2.05, 4.69) is 5.32 Å². The van der Waals surface area contributed by atoms with Crippen molar-refractivity contribution in [2.45, 2.75) is 25.7 Å². The van der Waals surface area contributed by atoms with Crippen molar-refractivity contribution in [3.8, 4) is 0 Å². The van der Waals surface area contributed by atoms with Gasteiger partial charge in [-0.05, 0) is 65.4 Å². The van der Waals surface area contributed by atoms with E-state index < -0.39 is 30.3 Å². The van der Waals surface area contributed by atoms with Crippen molar-refractivity contribution in [1.29, 1.82) is 0 Å². The Morgan fingerprint density at radius 3 is 1.83 bits per heavy atom. The number of nitrogens with one attached hydrogen (secondary N) is 1. The number of nitrogens with zero attached hydrogens (tertiary/aromatic N) is 1. The summed E-state index contributed by atoms with van der Waals surface area (Å²) in [5.41, 5.74) is 7.05. The Kier molecular flexibility index (Phi) is 6.04. The fourth-order valence-electron chi connectivity index (χ4n) is 7.02. The molecular weight excluding hydrogens is 528 g/mol. The third-order valence-electron chi connectivity index (χ3n) is 8.81. The van der Waals surface area contributed by atoms with Gasteiger partial charge in [0.25, 0.3) is 5.91 Å². The van der Waals surface area contributed by atoms with Crippen molar-refractivity contribution >= 4 is 35.1 Å². The summed E-state index contributed by atoms with van der Waals surface area (Å²) in [6.07, 6.45) is 0. The maximum absolute atomic E-state index is 14.2. The monoisotopic (exact) mass is 556 g/mol. The standard InChI is InChI=1S/C35H28N2O5/c1-19-15-16-20(2)26(17-19)36-28(38)18-42-35(41)25-13-7-8-14-27(25)37-33(39)31-29-21-9-3-4-10-22(21)30(32(31)34(37)40)24-12-6-5-11-23(24)29/h3-17,29-32H,18H2,1-2H3,(H,36,38)/t29?,30?,31-,32-/m0/s1. The summed E-state index contributed by atoms with van der Waals surface area (Å²) in [6, 6.07) is 28.2. The van der Waals surface area contributed by atoms with Gasteiger partial charge in [-0.25, -0.2) is 9.69 Å². The second-order valence-electron chi connectivity index (χ2n) is 11.2. The van der Waals surface area contributed by atoms with E-state index in [1.807, 2.05) is 80.6 Å². The Balaban J connectivity index is 1.17. The first kappa shape index (κ1) is 25.9. The minimum atomic E-state index is -0.785. The zero-order chi connectivity index (χ0) is 29.1. The fraction of sp³-hybridized carbons (Fsp3) is 0.200. The van der Waals surface area contributed by atoms with Crippen LogP contribution in [-0.4, -0.2) is 30.3 Å². The van der Waals surface area contributed by atoms with E-state index in [9.17, 15) is 19.2 Å². The number of aryl methyl sites for hydroxylation is 2. The van der Waals surface area contributed by atoms with E-state index in [1.54, 1.807) is 18.2 Å². The molecule has 8 rings (SSSR count). The Labute approximate surface area is 243 Å². The maximum Gasteiger partial charge on any atom is 0.340 e. The van der Waals surface area contributed by atoms with Crippen LogP contribution >= 0.6 is 0 Å². The van der Waals surface area contributed by atoms with Crippen molar-refractivity contribution in [2.75, 3.05) is 16.8 Å². The number of anilines is 2. The molecule has 1 N–H and O–H groups in total. The lowest BCUT2D eigenvalue weighted by atomic mass is 9.55. The molecule has 0 aromatic heterocycles. The van der Waals surface area contributed by atoms with Gasteiger partial charge in [0, 0.05) is 17.5 Å². The number of carbonyl (C=O) groups is 4. The molecule has 1 fully saturated rings. The Hall–Kier alpha value is -5.04. The van der Waals surface area contributed by atoms with E-state index in [0.717, 1.165) is 33.4 Å². The van der Waals surface area contributed by atoms with Gasteiger partial charge in [-0.1, -0.05) is 72.8 Å². The van der Waals surface area contributed by atoms with E-state index in [0.29, 0.717) is 5.69 Å². The minimum absolute atomic E-state index is 0.0553. The summed E-state index contributed by atoms with van der Waals surface area (Å²) in [6.45, 7) is 3.29. The van der Waals surface area contributed by atoms with Crippen molar-refractivity contribution in [1.82, 2.24) is 0 Å². The maximum atomic E-state index is 14.2. The normalized spacial score (nSPS) is 21.4. The van der Waals surface area contributed by atoms with Crippen molar-refractivity contribution < 1.29 is 23.9 Å². The number of amides is 3. The highest BCUT2D eigenvalue weighted by Crippen LogP contribution is 2.61. The molecule has 0 spiro atoms. The van der Waals surface area contributed by atoms with E-state index in [4.69, 9.17) is 4.74 Å². The summed E-state index contributed by atoms with van der Waals surface area (Å²) in [7, 11) is 0. The third-order valence-corrected chi connectivity index (χ3v) is 8.81. The average Bonchev–Trinajstić information content (AvgIpc) is 3.27. The number of carbonyl (C=O) groups excluding carboxylic acids is 4. The number of benzene rings is 4. The van der Waals surface area contributed by atoms with Crippen LogP contribution in [0.1, 0.15) is 55.6 Å². The number of esters is 1. The van der Waals surface area contributed by atoms with Crippen LogP contribution < -0.4 is 10.2 Å². The lowest BCUT2D eigenvalue weighted by Crippen LogP contribution is -2.41. The molecule has 7 heteroatoms. The number of rotatable bonds is 5. The van der Waals surface area contributed by atoms with Crippen LogP contribution in [0.3, 0.4) is 0 Å². The van der Waals surface area contributed by atoms with Gasteiger partial charge in [-0.3, -0.25) is 14.4 Å². The molecule has 4 aromatic rings. The highest BCUT2D eigenvalue weighted by Gasteiger charge is 2.62. The van der Waals surface area contributed by atoms with Crippen LogP contribution in [-0.2, 0) is 19.1 Å². The minimum Gasteiger partial charge on any atom is -0.452 e. The van der Waals surface area contributed by atoms with Gasteiger partial charge in [0.2, 0.25) is 11.8 Å². The van der Waals surface area contributed by atoms with Crippen LogP contribution in [0.5, 0.6) is 0 Å². The van der Waals surface area contributed by atoms with E-state index in [-0.39, 0.29) is 34.9 Å². The fourth-order valence-corrected chi connectivity index (χ4v) is 7.02. The van der Waals surface area contributed by atoms with Crippen LogP contribution in [0.4, 0.5) is 11.4 Å². The summed E-state index contributed by atoms with van der Waals surface area (Å²) < 4.78 is 5.38. The van der Waals surface area contributed by atoms with Crippen LogP contribution in [0.15, 0.2) is 91.0 Å². The van der Waals surface area contributed by atoms with Crippen molar-refractivity contribution in [3.63, 3.8) is 0 Å². The molecule has 42 heavy (non-hydrogen) atoms. The molecule has 2 atom stereocenters. The zero-order valence-corrected chi connectivity index (χ0v) is 23.2. The molecule has 1 heterocycles. The largest absolute Gasteiger partial charge is 0.452 e. The smallest absolute Gasteiger partial charge is 0.340 e. The van der Waals surface area contributed by atoms with Crippen molar-refractivity contribution in [3.05, 3.63) is 130 Å². The number of para-hydroxylation sites is 1. The lowest BCUT2D eigenvalue weighted by Gasteiger charge is -2.45. The van der Waals surface area contributed by atoms with E-state index in [1.165, 1.54) is 11.0 Å². The first-order valence-corrected chi connectivity index (χ1v) is 14.0. The molecule has 1 aliphatic heterocycles. The molecular formula is C35H28N2O5. The van der Waals surface area contributed by atoms with Crippen LogP contribution in [0.25, 0.3) is 0 Å². The molecule has 0 radical (unpaired) electrons. The Morgan fingerprint density at radius 2 is 1.26 bits per heavy atom. The predicted molar refractivity (Wildman–Crippen MR) is 157 cm³/mol. The first-order valence-electron chi connectivity index (χ1n) is 14.0. The van der Waals surface area contributed by atoms with Gasteiger partial charge in [0.1, 0.15) is 0 Å². The molecule has 3 aliphatic carbocycles. The highest BCUT2D eigenvalue weighted by molar-refractivity contribution is 6.25. The zero-order valence-electron chi connectivity index (χ0n) is 23.2. The molecule has 2 bridgehead atoms. The molecule has 4 aliphatic rings. The number of hydrogen-bond acceptors (Lipinski definition) is 5. The Morgan fingerprint density at radius 1 is 0.738 bits per heavy atom. The third kappa shape index (κ3) is 3.88. The number of hydrogen-bond donors (Lipinski definition) is 1. The van der Waals surface area contributed by atoms with Gasteiger partial charge >= 0.3 is 5.97 Å². The summed E-state index contributed by atoms with van der Waals surface area (Å²) >= 11 is 0. The van der Waals surface area contributed by atoms with Crippen LogP contribution in [0.2, 0.25) is 0 Å². The Bertz CT molecular complexity index is 1700. The average molecular weight is 557 g/mol. The molecule has 3 amide bonds. The van der Waals surface area contributed by atoms with Gasteiger partial charge in [0.05, 0.1) is 23.1 Å². The molecule has 4 aromatic carbocycles. The van der Waals surface area contributed by atoms with Gasteiger partial charge in [-0.15, -0.1) is 0 Å². The first-order chi connectivity index (χ1) is 20.3. The van der Waals surface area contributed by atoms with Gasteiger partial charge < -0.3 is 10.1 Å². The summed E-state index contributed by atoms with van der Waals surface area (Å²) in [5, 5.41) is 2.77. The SMILES string of the molecule is Cc1ccc(C)c(NC(=O)COC(=O)c2ccccc2N2C(=O)[C@H]3C4c5ccccc5C(c5ccccc54)[C@@H]3C2=O)c1. The topological polar surface area (TPSA) is 92.8 Å². The molecule has 7 nitrogen and oxygen atoms in total. The van der Waals surface area contributed by atoms with Gasteiger partial charge in [0.15, 0.2) is 6.61 Å². The van der Waals surface area contributed by atoms with Crippen molar-refractivity contribution in [2.24, 2.45) is 11.8 Å². The second-order valence-corrected chi connectivity index (χ2v) is 11.2. The second kappa shape index (κ2) is 9.80. The van der Waals surface area contributed by atoms with E-state index >= 15 is 0 Å². The van der Waals surface area contributed by atoms with Gasteiger partial charge in [-0.2, -0.15) is 0 Å². The lowest BCUT2D eigenvalue weighted by molar-refractivity contribution is -0.122. The van der Waals surface area contributed by atoms with Crippen LogP contribution in [0, 0.1) is 25.7 Å². The quantitative estimate of drug-likeness (QED) is 0.259. The molecule has 0 unspecified atom stereocenters. The summed E-state index contributed by atoms with van der Waals surface area (Å²) in [4.78, 5) is 55.4. The summed E-state index contributed by atoms with van der Waals surface area (Å²) in [5.74, 6) is -3.55. The molecule has 0 saturated carbocycles. The predicted octanol–water partition coefficient (Wildman–Crippen LogP) is 5.50.